The second kappa shape index (κ2) is 10.8. The summed E-state index contributed by atoms with van der Waals surface area (Å²) in [6.45, 7) is 0.886. The molecule has 2 heterocycles. The quantitative estimate of drug-likeness (QED) is 0.378. The first-order valence-electron chi connectivity index (χ1n) is 12.8. The number of hydrogen-bond donors (Lipinski definition) is 3. The third kappa shape index (κ3) is 5.07. The largest absolute Gasteiger partial charge is 0.497 e. The van der Waals surface area contributed by atoms with Crippen molar-refractivity contribution in [3.8, 4) is 5.75 Å². The van der Waals surface area contributed by atoms with Crippen molar-refractivity contribution in [3.63, 3.8) is 0 Å². The number of amides is 3. The Labute approximate surface area is 214 Å². The Balaban J connectivity index is 1.26. The number of hydrogen-bond acceptors (Lipinski definition) is 9. The minimum absolute atomic E-state index is 0.0367. The van der Waals surface area contributed by atoms with Crippen LogP contribution in [0.4, 0.5) is 4.79 Å². The van der Waals surface area contributed by atoms with E-state index < -0.39 is 36.1 Å². The number of likely N-dealkylation sites (tertiary alicyclic amines) is 1. The zero-order valence-corrected chi connectivity index (χ0v) is 20.7. The number of carbonyl (C=O) groups is 3. The zero-order valence-electron chi connectivity index (χ0n) is 20.7. The molecule has 4 fully saturated rings. The van der Waals surface area contributed by atoms with Crippen LogP contribution in [0.25, 0.3) is 0 Å². The van der Waals surface area contributed by atoms with Gasteiger partial charge in [-0.3, -0.25) is 14.5 Å². The van der Waals surface area contributed by atoms with Gasteiger partial charge in [-0.2, -0.15) is 5.10 Å². The number of imide groups is 1. The predicted octanol–water partition coefficient (Wildman–Crippen LogP) is 1.21. The number of hydrazone groups is 1. The molecule has 2 aliphatic heterocycles. The van der Waals surface area contributed by atoms with Crippen molar-refractivity contribution in [3.05, 3.63) is 29.8 Å². The number of aliphatic hydroxyl groups excluding tert-OH is 2. The van der Waals surface area contributed by atoms with Crippen molar-refractivity contribution in [1.29, 1.82) is 0 Å². The Kier molecular flexibility index (Phi) is 7.45. The first kappa shape index (κ1) is 25.6. The van der Waals surface area contributed by atoms with Crippen LogP contribution in [0.5, 0.6) is 5.75 Å². The molecule has 2 aliphatic carbocycles. The third-order valence-electron chi connectivity index (χ3n) is 8.10. The number of nitrogens with zero attached hydrogens (tertiary/aromatic N) is 2. The van der Waals surface area contributed by atoms with Crippen molar-refractivity contribution in [2.45, 2.75) is 57.0 Å². The van der Waals surface area contributed by atoms with Gasteiger partial charge in [-0.1, -0.05) is 12.1 Å². The van der Waals surface area contributed by atoms with Crippen molar-refractivity contribution in [1.82, 2.24) is 10.3 Å². The monoisotopic (exact) mass is 515 g/mol. The van der Waals surface area contributed by atoms with Crippen LogP contribution in [0, 0.1) is 23.7 Å². The molecule has 0 unspecified atom stereocenters. The normalized spacial score (nSPS) is 34.3. The molecule has 5 rings (SSSR count). The number of nitrogens with one attached hydrogen (secondary N) is 1. The summed E-state index contributed by atoms with van der Waals surface area (Å²) in [5.41, 5.74) is 3.64. The molecule has 1 aromatic rings. The van der Waals surface area contributed by atoms with Crippen molar-refractivity contribution >= 4 is 23.6 Å². The van der Waals surface area contributed by atoms with Crippen LogP contribution in [0.15, 0.2) is 29.4 Å². The molecular weight excluding hydrogens is 482 g/mol. The highest BCUT2D eigenvalue weighted by Crippen LogP contribution is 2.49. The van der Waals surface area contributed by atoms with Gasteiger partial charge in [0.25, 0.3) is 0 Å². The van der Waals surface area contributed by atoms with E-state index in [1.54, 1.807) is 31.4 Å². The lowest BCUT2D eigenvalue weighted by molar-refractivity contribution is -0.143. The van der Waals surface area contributed by atoms with E-state index in [0.29, 0.717) is 30.9 Å². The molecular formula is C26H33N3O8. The number of carbonyl (C=O) groups excluding carboxylic acids is 3. The van der Waals surface area contributed by atoms with Gasteiger partial charge in [0, 0.05) is 30.6 Å². The number of fused-ring (bicyclic) bond motifs is 3. The Morgan fingerprint density at radius 1 is 1.14 bits per heavy atom. The lowest BCUT2D eigenvalue weighted by Gasteiger charge is -2.45. The van der Waals surface area contributed by atoms with Gasteiger partial charge < -0.3 is 24.4 Å². The van der Waals surface area contributed by atoms with Crippen LogP contribution in [0.3, 0.4) is 0 Å². The predicted molar refractivity (Wildman–Crippen MR) is 129 cm³/mol. The summed E-state index contributed by atoms with van der Waals surface area (Å²) in [4.78, 5) is 40.1. The molecule has 4 aliphatic rings. The van der Waals surface area contributed by atoms with E-state index in [-0.39, 0.29) is 43.4 Å². The molecule has 1 aromatic carbocycles. The molecule has 37 heavy (non-hydrogen) atoms. The number of aliphatic hydroxyl groups is 2. The van der Waals surface area contributed by atoms with Gasteiger partial charge in [0.15, 0.2) is 0 Å². The molecule has 7 atom stereocenters. The van der Waals surface area contributed by atoms with E-state index in [1.807, 2.05) is 0 Å². The third-order valence-corrected chi connectivity index (χ3v) is 8.10. The van der Waals surface area contributed by atoms with Crippen molar-refractivity contribution < 1.29 is 38.8 Å². The fourth-order valence-electron chi connectivity index (χ4n) is 6.26. The molecule has 2 saturated heterocycles. The summed E-state index contributed by atoms with van der Waals surface area (Å²) in [6, 6.07) is 7.09. The van der Waals surface area contributed by atoms with Crippen molar-refractivity contribution in [2.75, 3.05) is 20.3 Å². The van der Waals surface area contributed by atoms with Gasteiger partial charge in [0.2, 0.25) is 11.8 Å². The Morgan fingerprint density at radius 2 is 1.89 bits per heavy atom. The highest BCUT2D eigenvalue weighted by Gasteiger charge is 2.59. The number of methoxy groups -OCH3 is 1. The molecule has 200 valence electrons. The summed E-state index contributed by atoms with van der Waals surface area (Å²) >= 11 is 0. The second-order valence-electron chi connectivity index (χ2n) is 10.2. The maximum absolute atomic E-state index is 13.4. The van der Waals surface area contributed by atoms with E-state index in [2.05, 4.69) is 10.5 Å². The SMILES string of the molecule is COc1ccc(COC(=O)N/N=C2\C[C@@H](O)[C@@H](O)[C@@H]3[C@@H]4C(=O)N(C[C@@H]5CCCO5)C(=O)[C@@H]4CC[C@@H]23)cc1. The maximum atomic E-state index is 13.4. The molecule has 11 heteroatoms. The average Bonchev–Trinajstić information content (AvgIpc) is 3.51. The first-order chi connectivity index (χ1) is 17.9. The second-order valence-corrected chi connectivity index (χ2v) is 10.2. The molecule has 0 radical (unpaired) electrons. The van der Waals surface area contributed by atoms with Gasteiger partial charge in [-0.05, 0) is 43.4 Å². The van der Waals surface area contributed by atoms with Gasteiger partial charge in [0.05, 0.1) is 43.8 Å². The van der Waals surface area contributed by atoms with Crippen LogP contribution in [0.1, 0.15) is 37.7 Å². The summed E-state index contributed by atoms with van der Waals surface area (Å²) in [6.07, 6.45) is -0.494. The number of benzene rings is 1. The van der Waals surface area contributed by atoms with Crippen LogP contribution in [-0.4, -0.2) is 77.3 Å². The van der Waals surface area contributed by atoms with Crippen LogP contribution in [0.2, 0.25) is 0 Å². The number of rotatable bonds is 6. The highest BCUT2D eigenvalue weighted by atomic mass is 16.6. The minimum atomic E-state index is -1.17. The maximum Gasteiger partial charge on any atom is 0.428 e. The molecule has 0 aromatic heterocycles. The molecule has 3 amide bonds. The van der Waals surface area contributed by atoms with Gasteiger partial charge in [0.1, 0.15) is 12.4 Å². The lowest BCUT2D eigenvalue weighted by atomic mass is 9.60. The molecule has 3 N–H and O–H groups in total. The number of ether oxygens (including phenoxy) is 3. The van der Waals surface area contributed by atoms with Gasteiger partial charge in [-0.15, -0.1) is 0 Å². The van der Waals surface area contributed by atoms with E-state index in [0.717, 1.165) is 18.4 Å². The van der Waals surface area contributed by atoms with E-state index >= 15 is 0 Å². The highest BCUT2D eigenvalue weighted by molar-refractivity contribution is 6.06. The molecule has 0 bridgehead atoms. The fourth-order valence-corrected chi connectivity index (χ4v) is 6.26. The smallest absolute Gasteiger partial charge is 0.428 e. The first-order valence-corrected chi connectivity index (χ1v) is 12.8. The van der Waals surface area contributed by atoms with E-state index in [4.69, 9.17) is 14.2 Å². The van der Waals surface area contributed by atoms with Gasteiger partial charge >= 0.3 is 6.09 Å². The van der Waals surface area contributed by atoms with Crippen LogP contribution in [-0.2, 0) is 25.7 Å². The molecule has 2 saturated carbocycles. The molecule has 0 spiro atoms. The van der Waals surface area contributed by atoms with Crippen molar-refractivity contribution in [2.24, 2.45) is 28.8 Å². The van der Waals surface area contributed by atoms with E-state index in [9.17, 15) is 24.6 Å². The van der Waals surface area contributed by atoms with Crippen LogP contribution >= 0.6 is 0 Å². The Hall–Kier alpha value is -3.02. The summed E-state index contributed by atoms with van der Waals surface area (Å²) in [7, 11) is 1.57. The molecule has 11 nitrogen and oxygen atoms in total. The van der Waals surface area contributed by atoms with Gasteiger partial charge in [-0.25, -0.2) is 10.2 Å². The average molecular weight is 516 g/mol. The zero-order chi connectivity index (χ0) is 26.1. The summed E-state index contributed by atoms with van der Waals surface area (Å²) in [5, 5.41) is 25.7. The fraction of sp³-hybridized carbons (Fsp3) is 0.615. The Bertz CT molecular complexity index is 1050. The van der Waals surface area contributed by atoms with Crippen LogP contribution < -0.4 is 10.2 Å². The standard InChI is InChI=1S/C26H33N3O8/c1-35-15-6-4-14(5-7-15)13-37-26(34)28-27-19-11-20(30)23(31)21-17(19)8-9-18-22(21)25(33)29(24(18)32)12-16-3-2-10-36-16/h4-7,16-18,20-23,30-31H,2-3,8-13H2,1H3,(H,28,34)/b27-19+/t16-,17-,18+,20+,21-,22+,23+/m0/s1. The lowest BCUT2D eigenvalue weighted by Crippen LogP contribution is -2.55. The van der Waals surface area contributed by atoms with E-state index in [1.165, 1.54) is 4.90 Å². The minimum Gasteiger partial charge on any atom is -0.497 e. The topological polar surface area (TPSA) is 147 Å². The Morgan fingerprint density at radius 3 is 2.59 bits per heavy atom. The summed E-state index contributed by atoms with van der Waals surface area (Å²) < 4.78 is 16.0. The summed E-state index contributed by atoms with van der Waals surface area (Å²) in [5.74, 6) is -2.12.